The Labute approximate surface area is 187 Å². The molecule has 1 amide bonds. The Hall–Kier alpha value is -3.29. The number of pyridine rings is 1. The van der Waals surface area contributed by atoms with Crippen LogP contribution in [0.5, 0.6) is 0 Å². The van der Waals surface area contributed by atoms with Crippen LogP contribution < -0.4 is 10.0 Å². The van der Waals surface area contributed by atoms with Gasteiger partial charge in [0.25, 0.3) is 5.91 Å². The highest BCUT2D eigenvalue weighted by molar-refractivity contribution is 7.92. The third-order valence-corrected chi connectivity index (χ3v) is 6.59. The molecule has 2 N–H and O–H groups in total. The molecule has 0 saturated carbocycles. The smallest absolute Gasteiger partial charge is 0.278 e. The zero-order valence-electron chi connectivity index (χ0n) is 16.8. The summed E-state index contributed by atoms with van der Waals surface area (Å²) in [7, 11) is -7.02. The number of rotatable bonds is 6. The number of nitrogens with one attached hydrogen (secondary N) is 2. The Balaban J connectivity index is 1.58. The van der Waals surface area contributed by atoms with Gasteiger partial charge in [-0.2, -0.15) is 0 Å². The molecule has 0 saturated heterocycles. The van der Waals surface area contributed by atoms with Gasteiger partial charge in [0.1, 0.15) is 0 Å². The Morgan fingerprint density at radius 3 is 2.38 bits per heavy atom. The second kappa shape index (κ2) is 8.00. The van der Waals surface area contributed by atoms with Crippen LogP contribution in [0.3, 0.4) is 0 Å². The van der Waals surface area contributed by atoms with E-state index in [1.807, 2.05) is 0 Å². The molecular weight excluding hydrogens is 474 g/mol. The number of fused-ring (bicyclic) bond motifs is 1. The van der Waals surface area contributed by atoms with Gasteiger partial charge in [-0.1, -0.05) is 18.2 Å². The fourth-order valence-corrected chi connectivity index (χ4v) is 5.03. The van der Waals surface area contributed by atoms with Gasteiger partial charge >= 0.3 is 0 Å². The maximum Gasteiger partial charge on any atom is 0.278 e. The van der Waals surface area contributed by atoms with Gasteiger partial charge < -0.3 is 0 Å². The Kier molecular flexibility index (Phi) is 5.48. The number of sulfonamides is 1. The number of benzene rings is 1. The number of hydrogen-bond acceptors (Lipinski definition) is 8. The fraction of sp³-hybridized carbons (Fsp3) is 0.105. The summed E-state index contributed by atoms with van der Waals surface area (Å²) in [4.78, 5) is 21.2. The van der Waals surface area contributed by atoms with Crippen LogP contribution in [0.1, 0.15) is 10.5 Å². The molecule has 13 heteroatoms. The molecule has 0 atom stereocenters. The average molecular weight is 492 g/mol. The van der Waals surface area contributed by atoms with Gasteiger partial charge in [0.05, 0.1) is 17.5 Å². The second-order valence-electron chi connectivity index (χ2n) is 6.91. The molecule has 0 aliphatic carbocycles. The summed E-state index contributed by atoms with van der Waals surface area (Å²) >= 11 is 1.19. The van der Waals surface area contributed by atoms with Crippen LogP contribution >= 0.6 is 11.3 Å². The van der Waals surface area contributed by atoms with E-state index in [-0.39, 0.29) is 10.9 Å². The Bertz CT molecular complexity index is 1540. The van der Waals surface area contributed by atoms with Crippen molar-refractivity contribution in [3.63, 3.8) is 0 Å². The lowest BCUT2D eigenvalue weighted by molar-refractivity contribution is 0.102. The van der Waals surface area contributed by atoms with Gasteiger partial charge in [0.15, 0.2) is 10.8 Å². The molecule has 3 heterocycles. The zero-order chi connectivity index (χ0) is 23.1. The molecule has 0 spiro atoms. The molecule has 0 bridgehead atoms. The van der Waals surface area contributed by atoms with E-state index in [0.29, 0.717) is 22.0 Å². The number of sulfone groups is 1. The van der Waals surface area contributed by atoms with E-state index in [1.165, 1.54) is 21.9 Å². The minimum atomic E-state index is -3.65. The second-order valence-corrected chi connectivity index (χ2v) is 11.4. The summed E-state index contributed by atoms with van der Waals surface area (Å²) in [6, 6.07) is 11.6. The van der Waals surface area contributed by atoms with Crippen molar-refractivity contribution >= 4 is 53.4 Å². The van der Waals surface area contributed by atoms with E-state index in [9.17, 15) is 21.6 Å². The van der Waals surface area contributed by atoms with Gasteiger partial charge in [-0.25, -0.2) is 26.8 Å². The third-order valence-electron chi connectivity index (χ3n) is 4.27. The first kappa shape index (κ1) is 21.9. The Morgan fingerprint density at radius 2 is 1.72 bits per heavy atom. The number of aromatic nitrogens is 3. The highest BCUT2D eigenvalue weighted by Gasteiger charge is 2.23. The molecule has 0 fully saturated rings. The van der Waals surface area contributed by atoms with Crippen LogP contribution in [0, 0.1) is 0 Å². The van der Waals surface area contributed by atoms with E-state index >= 15 is 0 Å². The van der Waals surface area contributed by atoms with Crippen LogP contribution in [0.25, 0.3) is 16.8 Å². The van der Waals surface area contributed by atoms with Crippen molar-refractivity contribution in [1.82, 2.24) is 14.4 Å². The molecule has 0 aliphatic rings. The van der Waals surface area contributed by atoms with E-state index in [1.54, 1.807) is 47.8 Å². The quantitative estimate of drug-likeness (QED) is 0.422. The first-order valence-corrected chi connectivity index (χ1v) is 13.7. The summed E-state index contributed by atoms with van der Waals surface area (Å²) in [6.07, 6.45) is 3.62. The molecule has 4 aromatic rings. The number of amides is 1. The van der Waals surface area contributed by atoms with Crippen molar-refractivity contribution in [2.24, 2.45) is 0 Å². The minimum absolute atomic E-state index is 0.0287. The topological polar surface area (TPSA) is 140 Å². The molecule has 0 aliphatic heterocycles. The van der Waals surface area contributed by atoms with Gasteiger partial charge in [-0.15, -0.1) is 11.3 Å². The lowest BCUT2D eigenvalue weighted by Crippen LogP contribution is -2.13. The van der Waals surface area contributed by atoms with Crippen molar-refractivity contribution in [2.45, 2.75) is 5.16 Å². The molecule has 0 radical (unpaired) electrons. The molecule has 166 valence electrons. The number of nitrogens with zero attached hydrogens (tertiary/aromatic N) is 3. The minimum Gasteiger partial charge on any atom is -0.296 e. The van der Waals surface area contributed by atoms with Gasteiger partial charge in [0, 0.05) is 29.1 Å². The fourth-order valence-electron chi connectivity index (χ4n) is 2.98. The normalized spacial score (nSPS) is 12.1. The van der Waals surface area contributed by atoms with Crippen molar-refractivity contribution in [1.29, 1.82) is 0 Å². The molecule has 4 rings (SSSR count). The summed E-state index contributed by atoms with van der Waals surface area (Å²) in [6.45, 7) is 0. The standard InChI is InChI=1S/C19H17N5O5S3/c1-31(26,27)19-21-16(15-5-3-4-10-24(15)19)17(25)22-18-20-14(11-30-18)12-6-8-13(9-7-12)23-32(2,28)29/h3-11,23H,1-2H3,(H,20,22,25). The molecule has 1 aromatic carbocycles. The van der Waals surface area contributed by atoms with Crippen LogP contribution in [0.4, 0.5) is 10.8 Å². The van der Waals surface area contributed by atoms with Crippen LogP contribution in [-0.4, -0.2) is 49.6 Å². The van der Waals surface area contributed by atoms with E-state index in [4.69, 9.17) is 0 Å². The number of thiazole rings is 1. The van der Waals surface area contributed by atoms with Crippen molar-refractivity contribution < 1.29 is 21.6 Å². The molecule has 32 heavy (non-hydrogen) atoms. The first-order chi connectivity index (χ1) is 15.0. The van der Waals surface area contributed by atoms with Crippen LogP contribution in [0.15, 0.2) is 59.2 Å². The maximum atomic E-state index is 12.8. The average Bonchev–Trinajstić information content (AvgIpc) is 3.32. The highest BCUT2D eigenvalue weighted by Crippen LogP contribution is 2.27. The molecular formula is C19H17N5O5S3. The summed E-state index contributed by atoms with van der Waals surface area (Å²) < 4.78 is 50.4. The summed E-state index contributed by atoms with van der Waals surface area (Å²) in [5, 5.41) is 4.48. The van der Waals surface area contributed by atoms with Crippen molar-refractivity contribution in [3.8, 4) is 11.3 Å². The third kappa shape index (κ3) is 4.64. The number of carbonyl (C=O) groups excluding carboxylic acids is 1. The summed E-state index contributed by atoms with van der Waals surface area (Å²) in [5.41, 5.74) is 2.07. The lowest BCUT2D eigenvalue weighted by atomic mass is 10.1. The van der Waals surface area contributed by atoms with E-state index in [0.717, 1.165) is 18.1 Å². The molecule has 3 aromatic heterocycles. The Morgan fingerprint density at radius 1 is 1.00 bits per heavy atom. The van der Waals surface area contributed by atoms with Gasteiger partial charge in [-0.3, -0.25) is 19.2 Å². The highest BCUT2D eigenvalue weighted by atomic mass is 32.2. The van der Waals surface area contributed by atoms with Crippen LogP contribution in [-0.2, 0) is 19.9 Å². The molecule has 10 nitrogen and oxygen atoms in total. The lowest BCUT2D eigenvalue weighted by Gasteiger charge is -2.04. The SMILES string of the molecule is CS(=O)(=O)Nc1ccc(-c2csc(NC(=O)c3nc(S(C)(=O)=O)n4ccccc34)n2)cc1. The van der Waals surface area contributed by atoms with Crippen molar-refractivity contribution in [2.75, 3.05) is 22.6 Å². The zero-order valence-corrected chi connectivity index (χ0v) is 19.3. The van der Waals surface area contributed by atoms with Gasteiger partial charge in [0.2, 0.25) is 25.0 Å². The molecule has 0 unspecified atom stereocenters. The van der Waals surface area contributed by atoms with E-state index < -0.39 is 25.8 Å². The number of imidazole rings is 1. The predicted molar refractivity (Wildman–Crippen MR) is 122 cm³/mol. The van der Waals surface area contributed by atoms with Crippen LogP contribution in [0.2, 0.25) is 0 Å². The maximum absolute atomic E-state index is 12.8. The van der Waals surface area contributed by atoms with Crippen molar-refractivity contribution in [3.05, 3.63) is 59.7 Å². The summed E-state index contributed by atoms with van der Waals surface area (Å²) in [5.74, 6) is -0.586. The number of anilines is 2. The first-order valence-electron chi connectivity index (χ1n) is 9.03. The largest absolute Gasteiger partial charge is 0.296 e. The monoisotopic (exact) mass is 491 g/mol. The van der Waals surface area contributed by atoms with E-state index in [2.05, 4.69) is 20.0 Å². The number of carbonyl (C=O) groups is 1. The van der Waals surface area contributed by atoms with Gasteiger partial charge in [-0.05, 0) is 24.3 Å². The predicted octanol–water partition coefficient (Wildman–Crippen LogP) is 2.49. The number of hydrogen-bond donors (Lipinski definition) is 2.